The predicted molar refractivity (Wildman–Crippen MR) is 94.6 cm³/mol. The van der Waals surface area contributed by atoms with Crippen LogP contribution in [0.25, 0.3) is 0 Å². The Balaban J connectivity index is 2.11. The summed E-state index contributed by atoms with van der Waals surface area (Å²) in [6.07, 6.45) is 0. The van der Waals surface area contributed by atoms with Gasteiger partial charge in [-0.15, -0.1) is 0 Å². The molecule has 0 radical (unpaired) electrons. The molecule has 0 aromatic heterocycles. The highest BCUT2D eigenvalue weighted by molar-refractivity contribution is 5.97. The number of para-hydroxylation sites is 1. The lowest BCUT2D eigenvalue weighted by Crippen LogP contribution is -2.28. The fourth-order valence-electron chi connectivity index (χ4n) is 2.33. The van der Waals surface area contributed by atoms with Gasteiger partial charge in [0.2, 0.25) is 0 Å². The normalized spacial score (nSPS) is 11.4. The van der Waals surface area contributed by atoms with Crippen molar-refractivity contribution < 1.29 is 19.1 Å². The fraction of sp³-hybridized carbons (Fsp3) is 0.263. The second-order valence-electron chi connectivity index (χ2n) is 5.45. The summed E-state index contributed by atoms with van der Waals surface area (Å²) in [5, 5.41) is 2.92. The van der Waals surface area contributed by atoms with E-state index in [9.17, 15) is 9.59 Å². The number of nitrogens with one attached hydrogen (secondary N) is 1. The first kappa shape index (κ1) is 18.3. The van der Waals surface area contributed by atoms with E-state index < -0.39 is 5.91 Å². The zero-order valence-electron chi connectivity index (χ0n) is 14.3. The van der Waals surface area contributed by atoms with Crippen LogP contribution in [0.4, 0.5) is 0 Å². The quantitative estimate of drug-likeness (QED) is 0.771. The van der Waals surface area contributed by atoms with Crippen molar-refractivity contribution in [3.05, 3.63) is 59.7 Å². The maximum atomic E-state index is 12.6. The number of carbonyl (C=O) groups is 2. The van der Waals surface area contributed by atoms with Crippen molar-refractivity contribution >= 4 is 11.8 Å². The van der Waals surface area contributed by atoms with Crippen LogP contribution in [-0.4, -0.2) is 25.0 Å². The monoisotopic (exact) mass is 342 g/mol. The zero-order valence-corrected chi connectivity index (χ0v) is 14.3. The molecule has 0 aliphatic heterocycles. The van der Waals surface area contributed by atoms with Crippen LogP contribution >= 0.6 is 0 Å². The minimum absolute atomic E-state index is 0.225. The summed E-state index contributed by atoms with van der Waals surface area (Å²) in [5.74, 6) is 0.172. The Labute approximate surface area is 146 Å². The molecule has 132 valence electrons. The number of carbonyl (C=O) groups excluding carboxylic acids is 2. The van der Waals surface area contributed by atoms with Crippen LogP contribution in [0.5, 0.6) is 11.5 Å². The summed E-state index contributed by atoms with van der Waals surface area (Å²) in [5.41, 5.74) is 6.36. The van der Waals surface area contributed by atoms with Gasteiger partial charge in [0.25, 0.3) is 11.8 Å². The molecule has 2 aromatic carbocycles. The number of primary amides is 1. The van der Waals surface area contributed by atoms with Crippen molar-refractivity contribution in [2.45, 2.75) is 19.9 Å². The van der Waals surface area contributed by atoms with E-state index in [-0.39, 0.29) is 18.6 Å². The van der Waals surface area contributed by atoms with Gasteiger partial charge in [0.05, 0.1) is 18.2 Å². The number of hydrogen-bond acceptors (Lipinski definition) is 4. The summed E-state index contributed by atoms with van der Waals surface area (Å²) in [7, 11) is 0. The molecular weight excluding hydrogens is 320 g/mol. The second-order valence-corrected chi connectivity index (χ2v) is 5.45. The lowest BCUT2D eigenvalue weighted by atomic mass is 10.1. The molecular formula is C19H22N2O4. The maximum Gasteiger partial charge on any atom is 0.255 e. The molecule has 0 saturated carbocycles. The van der Waals surface area contributed by atoms with Crippen LogP contribution < -0.4 is 20.5 Å². The van der Waals surface area contributed by atoms with Crippen LogP contribution in [0.3, 0.4) is 0 Å². The van der Waals surface area contributed by atoms with E-state index in [0.717, 1.165) is 11.3 Å². The van der Waals surface area contributed by atoms with Gasteiger partial charge in [0, 0.05) is 0 Å². The fourth-order valence-corrected chi connectivity index (χ4v) is 2.33. The lowest BCUT2D eigenvalue weighted by molar-refractivity contribution is -0.119. The van der Waals surface area contributed by atoms with Crippen LogP contribution in [0, 0.1) is 0 Å². The summed E-state index contributed by atoms with van der Waals surface area (Å²) in [6.45, 7) is 4.10. The van der Waals surface area contributed by atoms with Gasteiger partial charge in [-0.05, 0) is 43.7 Å². The van der Waals surface area contributed by atoms with Crippen molar-refractivity contribution in [1.29, 1.82) is 0 Å². The molecule has 1 atom stereocenters. The van der Waals surface area contributed by atoms with Gasteiger partial charge in [-0.3, -0.25) is 9.59 Å². The Hall–Kier alpha value is -3.02. The third kappa shape index (κ3) is 5.24. The smallest absolute Gasteiger partial charge is 0.255 e. The molecule has 6 heteroatoms. The predicted octanol–water partition coefficient (Wildman–Crippen LogP) is 2.44. The standard InChI is InChI=1S/C19H22N2O4/c1-3-24-15-8-6-7-14(11-15)13(2)21-19(23)16-9-4-5-10-17(16)25-12-18(20)22/h4-11,13H,3,12H2,1-2H3,(H2,20,22)(H,21,23). The minimum Gasteiger partial charge on any atom is -0.494 e. The van der Waals surface area contributed by atoms with Gasteiger partial charge in [-0.1, -0.05) is 24.3 Å². The average molecular weight is 342 g/mol. The molecule has 0 bridgehead atoms. The highest BCUT2D eigenvalue weighted by Gasteiger charge is 2.16. The van der Waals surface area contributed by atoms with Crippen molar-refractivity contribution in [3.8, 4) is 11.5 Å². The van der Waals surface area contributed by atoms with Gasteiger partial charge < -0.3 is 20.5 Å². The van der Waals surface area contributed by atoms with Gasteiger partial charge in [-0.2, -0.15) is 0 Å². The number of hydrogen-bond donors (Lipinski definition) is 2. The van der Waals surface area contributed by atoms with Gasteiger partial charge in [0.15, 0.2) is 6.61 Å². The molecule has 2 rings (SSSR count). The number of benzene rings is 2. The first-order chi connectivity index (χ1) is 12.0. The number of nitrogens with two attached hydrogens (primary N) is 1. The van der Waals surface area contributed by atoms with Crippen LogP contribution in [-0.2, 0) is 4.79 Å². The third-order valence-electron chi connectivity index (χ3n) is 3.52. The highest BCUT2D eigenvalue weighted by Crippen LogP contribution is 2.22. The minimum atomic E-state index is -0.601. The van der Waals surface area contributed by atoms with E-state index in [1.54, 1.807) is 24.3 Å². The molecule has 3 N–H and O–H groups in total. The van der Waals surface area contributed by atoms with Crippen LogP contribution in [0.15, 0.2) is 48.5 Å². The van der Waals surface area contributed by atoms with E-state index in [2.05, 4.69) is 5.32 Å². The molecule has 2 amide bonds. The molecule has 25 heavy (non-hydrogen) atoms. The van der Waals surface area contributed by atoms with Gasteiger partial charge in [-0.25, -0.2) is 0 Å². The largest absolute Gasteiger partial charge is 0.494 e. The lowest BCUT2D eigenvalue weighted by Gasteiger charge is -2.17. The van der Waals surface area contributed by atoms with E-state index in [0.29, 0.717) is 17.9 Å². The molecule has 0 aliphatic rings. The van der Waals surface area contributed by atoms with Crippen molar-refractivity contribution in [1.82, 2.24) is 5.32 Å². The first-order valence-corrected chi connectivity index (χ1v) is 8.05. The Morgan fingerprint density at radius 3 is 2.60 bits per heavy atom. The summed E-state index contributed by atoms with van der Waals surface area (Å²) >= 11 is 0. The Kier molecular flexibility index (Phi) is 6.39. The highest BCUT2D eigenvalue weighted by atomic mass is 16.5. The van der Waals surface area contributed by atoms with Crippen molar-refractivity contribution in [3.63, 3.8) is 0 Å². The van der Waals surface area contributed by atoms with Crippen molar-refractivity contribution in [2.24, 2.45) is 5.73 Å². The van der Waals surface area contributed by atoms with Crippen LogP contribution in [0.2, 0.25) is 0 Å². The van der Waals surface area contributed by atoms with Crippen molar-refractivity contribution in [2.75, 3.05) is 13.2 Å². The Bertz CT molecular complexity index is 746. The molecule has 2 aromatic rings. The molecule has 0 saturated heterocycles. The first-order valence-electron chi connectivity index (χ1n) is 8.05. The Morgan fingerprint density at radius 1 is 1.12 bits per heavy atom. The summed E-state index contributed by atoms with van der Waals surface area (Å²) in [6, 6.07) is 14.0. The van der Waals surface area contributed by atoms with E-state index in [4.69, 9.17) is 15.2 Å². The zero-order chi connectivity index (χ0) is 18.2. The number of rotatable bonds is 8. The second kappa shape index (κ2) is 8.73. The molecule has 0 heterocycles. The van der Waals surface area contributed by atoms with E-state index >= 15 is 0 Å². The van der Waals surface area contributed by atoms with E-state index in [1.165, 1.54) is 0 Å². The molecule has 0 aliphatic carbocycles. The molecule has 1 unspecified atom stereocenters. The number of amides is 2. The number of ether oxygens (including phenoxy) is 2. The van der Waals surface area contributed by atoms with Gasteiger partial charge in [0.1, 0.15) is 11.5 Å². The summed E-state index contributed by atoms with van der Waals surface area (Å²) in [4.78, 5) is 23.5. The molecule has 0 fully saturated rings. The van der Waals surface area contributed by atoms with E-state index in [1.807, 2.05) is 38.1 Å². The topological polar surface area (TPSA) is 90.7 Å². The maximum absolute atomic E-state index is 12.6. The molecule has 0 spiro atoms. The average Bonchev–Trinajstić information content (AvgIpc) is 2.60. The summed E-state index contributed by atoms with van der Waals surface area (Å²) < 4.78 is 10.8. The van der Waals surface area contributed by atoms with Gasteiger partial charge >= 0.3 is 0 Å². The third-order valence-corrected chi connectivity index (χ3v) is 3.52. The Morgan fingerprint density at radius 2 is 1.88 bits per heavy atom. The molecule has 6 nitrogen and oxygen atoms in total. The van der Waals surface area contributed by atoms with Crippen LogP contribution in [0.1, 0.15) is 35.8 Å². The SMILES string of the molecule is CCOc1cccc(C(C)NC(=O)c2ccccc2OCC(N)=O)c1.